The number of rotatable bonds is 3. The van der Waals surface area contributed by atoms with Crippen LogP contribution in [-0.4, -0.2) is 17.2 Å². The molecule has 1 aromatic heterocycles. The molecule has 2 unspecified atom stereocenters. The van der Waals surface area contributed by atoms with Crippen molar-refractivity contribution in [1.82, 2.24) is 4.98 Å². The Hall–Kier alpha value is -3.07. The van der Waals surface area contributed by atoms with E-state index < -0.39 is 11.2 Å². The highest BCUT2D eigenvalue weighted by Gasteiger charge is 2.69. The second kappa shape index (κ2) is 6.73. The number of hydrogen-bond acceptors (Lipinski definition) is 5. The number of nitrogens with zero attached hydrogens (tertiary/aromatic N) is 2. The number of methoxy groups -OCH3 is 1. The molecule has 1 saturated carbocycles. The molecule has 1 N–H and O–H groups in total. The van der Waals surface area contributed by atoms with Crippen LogP contribution in [0.3, 0.4) is 0 Å². The molecule has 3 atom stereocenters. The van der Waals surface area contributed by atoms with Crippen LogP contribution in [0.25, 0.3) is 0 Å². The minimum atomic E-state index is -1.36. The lowest BCUT2D eigenvalue weighted by molar-refractivity contribution is -0.106. The van der Waals surface area contributed by atoms with E-state index >= 15 is 0 Å². The fraction of sp³-hybridized carbons (Fsp3) is 0.250. The van der Waals surface area contributed by atoms with E-state index in [1.54, 1.807) is 18.2 Å². The van der Waals surface area contributed by atoms with Gasteiger partial charge in [0.1, 0.15) is 16.5 Å². The van der Waals surface area contributed by atoms with Crippen LogP contribution >= 0.6 is 11.6 Å². The molecule has 150 valence electrons. The first-order valence-electron chi connectivity index (χ1n) is 9.75. The summed E-state index contributed by atoms with van der Waals surface area (Å²) in [5, 5.41) is 21.7. The van der Waals surface area contributed by atoms with E-state index in [0.717, 1.165) is 11.1 Å². The molecular weight excluding hydrogens is 400 g/mol. The summed E-state index contributed by atoms with van der Waals surface area (Å²) < 4.78 is 12.1. The first kappa shape index (κ1) is 18.9. The minimum absolute atomic E-state index is 0.118. The Morgan fingerprint density at radius 1 is 1.20 bits per heavy atom. The normalized spacial score (nSPS) is 26.4. The molecule has 1 aliphatic carbocycles. The van der Waals surface area contributed by atoms with Gasteiger partial charge in [-0.15, -0.1) is 0 Å². The summed E-state index contributed by atoms with van der Waals surface area (Å²) in [7, 11) is 1.51. The second-order valence-electron chi connectivity index (χ2n) is 7.72. The standard InChI is InChI=1S/C24H19ClN2O3/c1-29-22-21-19(13-20(25)27-22)30-24(17-9-7-15(14-26)8-10-17)18(11-12-23(21,24)28)16-5-3-2-4-6-16/h2-10,13,18,28H,11-12H2,1H3/t18?,23-,24?/m1/s1. The average Bonchev–Trinajstić information content (AvgIpc) is 3.20. The molecule has 6 heteroatoms. The summed E-state index contributed by atoms with van der Waals surface area (Å²) in [4.78, 5) is 4.28. The Morgan fingerprint density at radius 2 is 1.93 bits per heavy atom. The third-order valence-corrected chi connectivity index (χ3v) is 6.54. The van der Waals surface area contributed by atoms with Gasteiger partial charge in [-0.1, -0.05) is 54.1 Å². The number of aliphatic hydroxyl groups is 1. The quantitative estimate of drug-likeness (QED) is 0.625. The molecule has 0 radical (unpaired) electrons. The Bertz CT molecular complexity index is 1160. The molecule has 3 aromatic rings. The number of ether oxygens (including phenoxy) is 2. The molecule has 1 fully saturated rings. The van der Waals surface area contributed by atoms with Gasteiger partial charge < -0.3 is 14.6 Å². The number of nitriles is 1. The van der Waals surface area contributed by atoms with Crippen molar-refractivity contribution in [3.8, 4) is 17.7 Å². The minimum Gasteiger partial charge on any atom is -0.481 e. The Kier molecular flexibility index (Phi) is 4.25. The largest absolute Gasteiger partial charge is 0.481 e. The van der Waals surface area contributed by atoms with Gasteiger partial charge in [0.15, 0.2) is 5.60 Å². The first-order chi connectivity index (χ1) is 14.5. The van der Waals surface area contributed by atoms with E-state index in [-0.39, 0.29) is 17.0 Å². The summed E-state index contributed by atoms with van der Waals surface area (Å²) in [6, 6.07) is 21.0. The third-order valence-electron chi connectivity index (χ3n) is 6.34. The zero-order valence-electron chi connectivity index (χ0n) is 16.3. The number of benzene rings is 2. The summed E-state index contributed by atoms with van der Waals surface area (Å²) in [6.45, 7) is 0. The molecule has 0 spiro atoms. The second-order valence-corrected chi connectivity index (χ2v) is 8.10. The van der Waals surface area contributed by atoms with Gasteiger partial charge in [0.2, 0.25) is 5.88 Å². The van der Waals surface area contributed by atoms with Crippen LogP contribution in [0.2, 0.25) is 5.15 Å². The van der Waals surface area contributed by atoms with Crippen LogP contribution in [0.5, 0.6) is 11.6 Å². The molecule has 2 aromatic carbocycles. The van der Waals surface area contributed by atoms with E-state index in [2.05, 4.69) is 23.2 Å². The van der Waals surface area contributed by atoms with Crippen molar-refractivity contribution >= 4 is 11.6 Å². The van der Waals surface area contributed by atoms with Crippen LogP contribution in [0.15, 0.2) is 60.7 Å². The third kappa shape index (κ3) is 2.41. The number of pyridine rings is 1. The van der Waals surface area contributed by atoms with Crippen LogP contribution < -0.4 is 9.47 Å². The maximum absolute atomic E-state index is 12.2. The van der Waals surface area contributed by atoms with Gasteiger partial charge in [0.05, 0.1) is 24.3 Å². The Balaban J connectivity index is 1.79. The Morgan fingerprint density at radius 3 is 2.60 bits per heavy atom. The number of fused-ring (bicyclic) bond motifs is 3. The molecule has 2 aliphatic rings. The molecule has 5 rings (SSSR count). The molecule has 2 heterocycles. The fourth-order valence-electron chi connectivity index (χ4n) is 5.13. The van der Waals surface area contributed by atoms with E-state index in [1.807, 2.05) is 30.3 Å². The SMILES string of the molecule is COc1nc(Cl)cc2c1[C@]1(O)CCC(c3ccccc3)C1(c1ccc(C#N)cc1)O2. The highest BCUT2D eigenvalue weighted by atomic mass is 35.5. The maximum Gasteiger partial charge on any atom is 0.224 e. The van der Waals surface area contributed by atoms with Gasteiger partial charge in [-0.3, -0.25) is 0 Å². The molecule has 30 heavy (non-hydrogen) atoms. The van der Waals surface area contributed by atoms with Crippen molar-refractivity contribution in [2.45, 2.75) is 30.0 Å². The topological polar surface area (TPSA) is 75.4 Å². The smallest absolute Gasteiger partial charge is 0.224 e. The zero-order chi connectivity index (χ0) is 20.9. The first-order valence-corrected chi connectivity index (χ1v) is 10.1. The van der Waals surface area contributed by atoms with Gasteiger partial charge in [0.25, 0.3) is 0 Å². The van der Waals surface area contributed by atoms with Crippen LogP contribution in [-0.2, 0) is 11.2 Å². The molecule has 0 bridgehead atoms. The highest BCUT2D eigenvalue weighted by molar-refractivity contribution is 6.29. The van der Waals surface area contributed by atoms with Crippen molar-refractivity contribution < 1.29 is 14.6 Å². The van der Waals surface area contributed by atoms with Crippen molar-refractivity contribution in [3.05, 3.63) is 88.1 Å². The molecular formula is C24H19ClN2O3. The molecule has 0 saturated heterocycles. The molecule has 1 aliphatic heterocycles. The summed E-state index contributed by atoms with van der Waals surface area (Å²) in [5.41, 5.74) is 0.487. The summed E-state index contributed by atoms with van der Waals surface area (Å²) in [5.74, 6) is 0.621. The average molecular weight is 419 g/mol. The molecule has 5 nitrogen and oxygen atoms in total. The van der Waals surface area contributed by atoms with Crippen molar-refractivity contribution in [3.63, 3.8) is 0 Å². The van der Waals surface area contributed by atoms with Gasteiger partial charge in [-0.05, 0) is 36.1 Å². The van der Waals surface area contributed by atoms with Crippen LogP contribution in [0.1, 0.15) is 41.0 Å². The number of hydrogen-bond donors (Lipinski definition) is 1. The van der Waals surface area contributed by atoms with Crippen molar-refractivity contribution in [2.24, 2.45) is 0 Å². The predicted molar refractivity (Wildman–Crippen MR) is 112 cm³/mol. The van der Waals surface area contributed by atoms with E-state index in [1.165, 1.54) is 7.11 Å². The lowest BCUT2D eigenvalue weighted by Crippen LogP contribution is -2.48. The zero-order valence-corrected chi connectivity index (χ0v) is 17.1. The van der Waals surface area contributed by atoms with Gasteiger partial charge in [0, 0.05) is 12.0 Å². The monoisotopic (exact) mass is 418 g/mol. The number of halogens is 1. The number of aromatic nitrogens is 1. The van der Waals surface area contributed by atoms with Crippen LogP contribution in [0.4, 0.5) is 0 Å². The van der Waals surface area contributed by atoms with Crippen molar-refractivity contribution in [2.75, 3.05) is 7.11 Å². The van der Waals surface area contributed by atoms with Gasteiger partial charge in [-0.2, -0.15) is 5.26 Å². The van der Waals surface area contributed by atoms with E-state index in [0.29, 0.717) is 29.7 Å². The van der Waals surface area contributed by atoms with Crippen LogP contribution in [0, 0.1) is 11.3 Å². The lowest BCUT2D eigenvalue weighted by atomic mass is 9.72. The molecule has 0 amide bonds. The fourth-order valence-corrected chi connectivity index (χ4v) is 5.30. The highest BCUT2D eigenvalue weighted by Crippen LogP contribution is 2.68. The predicted octanol–water partition coefficient (Wildman–Crippen LogP) is 4.67. The Labute approximate surface area is 179 Å². The van der Waals surface area contributed by atoms with E-state index in [9.17, 15) is 10.4 Å². The summed E-state index contributed by atoms with van der Waals surface area (Å²) >= 11 is 6.20. The summed E-state index contributed by atoms with van der Waals surface area (Å²) in [6.07, 6.45) is 1.19. The van der Waals surface area contributed by atoms with Gasteiger partial charge in [-0.25, -0.2) is 4.98 Å². The van der Waals surface area contributed by atoms with E-state index in [4.69, 9.17) is 21.1 Å². The maximum atomic E-state index is 12.2. The van der Waals surface area contributed by atoms with Crippen molar-refractivity contribution in [1.29, 1.82) is 5.26 Å². The van der Waals surface area contributed by atoms with Gasteiger partial charge >= 0.3 is 0 Å². The lowest BCUT2D eigenvalue weighted by Gasteiger charge is -2.40.